The second kappa shape index (κ2) is 5.96. The van der Waals surface area contributed by atoms with Crippen molar-refractivity contribution in [3.63, 3.8) is 0 Å². The Balaban J connectivity index is 2.25. The molecule has 0 aliphatic rings. The molecule has 0 unspecified atom stereocenters. The van der Waals surface area contributed by atoms with Gasteiger partial charge in [-0.2, -0.15) is 0 Å². The Morgan fingerprint density at radius 1 is 0.947 bits per heavy atom. The zero-order valence-electron chi connectivity index (χ0n) is 11.0. The van der Waals surface area contributed by atoms with Crippen LogP contribution >= 0.6 is 0 Å². The van der Waals surface area contributed by atoms with E-state index in [-0.39, 0.29) is 5.95 Å². The molecule has 0 bridgehead atoms. The van der Waals surface area contributed by atoms with Gasteiger partial charge >= 0.3 is 0 Å². The van der Waals surface area contributed by atoms with Crippen LogP contribution in [-0.2, 0) is 4.74 Å². The monoisotopic (exact) mass is 256 g/mol. The second-order valence-corrected chi connectivity index (χ2v) is 4.08. The van der Waals surface area contributed by atoms with E-state index in [1.165, 1.54) is 7.11 Å². The number of aliphatic hydroxyl groups is 1. The van der Waals surface area contributed by atoms with Crippen molar-refractivity contribution in [3.05, 3.63) is 66.1 Å². The summed E-state index contributed by atoms with van der Waals surface area (Å²) in [5, 5.41) is 9.58. The van der Waals surface area contributed by atoms with Crippen molar-refractivity contribution in [2.45, 2.75) is 6.92 Å². The molecule has 0 amide bonds. The summed E-state index contributed by atoms with van der Waals surface area (Å²) in [6, 6.07) is 17.0. The van der Waals surface area contributed by atoms with Gasteiger partial charge in [0.05, 0.1) is 7.11 Å². The Morgan fingerprint density at radius 2 is 1.63 bits per heavy atom. The van der Waals surface area contributed by atoms with Crippen molar-refractivity contribution < 1.29 is 14.6 Å². The number of methoxy groups -OCH3 is 1. The second-order valence-electron chi connectivity index (χ2n) is 4.08. The molecule has 0 aromatic heterocycles. The van der Waals surface area contributed by atoms with E-state index >= 15 is 0 Å². The van der Waals surface area contributed by atoms with Crippen molar-refractivity contribution >= 4 is 5.57 Å². The molecule has 0 spiro atoms. The van der Waals surface area contributed by atoms with Crippen LogP contribution in [0.2, 0.25) is 0 Å². The highest BCUT2D eigenvalue weighted by Gasteiger charge is 2.05. The van der Waals surface area contributed by atoms with Crippen LogP contribution in [0.4, 0.5) is 0 Å². The fourth-order valence-electron chi connectivity index (χ4n) is 1.69. The molecular weight excluding hydrogens is 240 g/mol. The lowest BCUT2D eigenvalue weighted by Gasteiger charge is -2.09. The Hall–Kier alpha value is -2.42. The summed E-state index contributed by atoms with van der Waals surface area (Å²) < 4.78 is 10.6. The van der Waals surface area contributed by atoms with E-state index in [1.807, 2.05) is 54.6 Å². The van der Waals surface area contributed by atoms with Crippen molar-refractivity contribution in [1.82, 2.24) is 0 Å². The molecule has 98 valence electrons. The minimum atomic E-state index is -0.0862. The van der Waals surface area contributed by atoms with E-state index in [4.69, 9.17) is 9.47 Å². The van der Waals surface area contributed by atoms with Crippen LogP contribution in [0.25, 0.3) is 5.57 Å². The van der Waals surface area contributed by atoms with Gasteiger partial charge in [-0.15, -0.1) is 0 Å². The number of hydrogen-bond donors (Lipinski definition) is 1. The van der Waals surface area contributed by atoms with Gasteiger partial charge in [0.15, 0.2) is 0 Å². The Labute approximate surface area is 112 Å². The van der Waals surface area contributed by atoms with Gasteiger partial charge in [-0.1, -0.05) is 30.3 Å². The summed E-state index contributed by atoms with van der Waals surface area (Å²) in [6.07, 6.45) is 0. The predicted molar refractivity (Wildman–Crippen MR) is 75.2 cm³/mol. The highest BCUT2D eigenvalue weighted by atomic mass is 16.6. The van der Waals surface area contributed by atoms with Gasteiger partial charge in [0.25, 0.3) is 5.95 Å². The Kier molecular flexibility index (Phi) is 4.08. The quantitative estimate of drug-likeness (QED) is 0.825. The third-order valence-corrected chi connectivity index (χ3v) is 2.76. The van der Waals surface area contributed by atoms with E-state index in [0.29, 0.717) is 11.3 Å². The van der Waals surface area contributed by atoms with E-state index in [2.05, 4.69) is 0 Å². The average molecular weight is 256 g/mol. The van der Waals surface area contributed by atoms with Gasteiger partial charge < -0.3 is 14.6 Å². The molecule has 2 aromatic rings. The standard InChI is InChI=1S/C16H16O3/c1-12(16(17)18-2)13-7-6-10-15(11-13)19-14-8-4-3-5-9-14/h3-11,17H,1-2H3/b16-12+. The zero-order chi connectivity index (χ0) is 13.7. The minimum absolute atomic E-state index is 0.0862. The molecular formula is C16H16O3. The smallest absolute Gasteiger partial charge is 0.279 e. The fourth-order valence-corrected chi connectivity index (χ4v) is 1.69. The molecule has 19 heavy (non-hydrogen) atoms. The minimum Gasteiger partial charge on any atom is -0.481 e. The largest absolute Gasteiger partial charge is 0.481 e. The predicted octanol–water partition coefficient (Wildman–Crippen LogP) is 4.37. The molecule has 0 saturated carbocycles. The lowest BCUT2D eigenvalue weighted by molar-refractivity contribution is 0.139. The number of rotatable bonds is 4. The molecule has 0 aliphatic carbocycles. The Bertz CT molecular complexity index is 574. The van der Waals surface area contributed by atoms with Crippen molar-refractivity contribution in [1.29, 1.82) is 0 Å². The molecule has 0 saturated heterocycles. The first-order valence-corrected chi connectivity index (χ1v) is 5.98. The normalized spacial score (nSPS) is 11.7. The van der Waals surface area contributed by atoms with E-state index < -0.39 is 0 Å². The molecule has 2 aromatic carbocycles. The zero-order valence-corrected chi connectivity index (χ0v) is 11.0. The molecule has 2 rings (SSSR count). The van der Waals surface area contributed by atoms with Gasteiger partial charge in [-0.3, -0.25) is 0 Å². The van der Waals surface area contributed by atoms with Crippen LogP contribution in [0.1, 0.15) is 12.5 Å². The highest BCUT2D eigenvalue weighted by molar-refractivity contribution is 5.65. The van der Waals surface area contributed by atoms with E-state index in [0.717, 1.165) is 11.3 Å². The first-order chi connectivity index (χ1) is 9.20. The average Bonchev–Trinajstić information content (AvgIpc) is 2.47. The van der Waals surface area contributed by atoms with Crippen LogP contribution in [-0.4, -0.2) is 12.2 Å². The molecule has 0 heterocycles. The molecule has 1 N–H and O–H groups in total. The highest BCUT2D eigenvalue weighted by Crippen LogP contribution is 2.25. The molecule has 0 radical (unpaired) electrons. The van der Waals surface area contributed by atoms with Crippen LogP contribution in [0.15, 0.2) is 60.5 Å². The molecule has 0 aliphatic heterocycles. The fraction of sp³-hybridized carbons (Fsp3) is 0.125. The topological polar surface area (TPSA) is 38.7 Å². The number of aliphatic hydroxyl groups excluding tert-OH is 1. The van der Waals surface area contributed by atoms with E-state index in [1.54, 1.807) is 6.92 Å². The van der Waals surface area contributed by atoms with Crippen molar-refractivity contribution in [3.8, 4) is 11.5 Å². The molecule has 0 fully saturated rings. The van der Waals surface area contributed by atoms with Gasteiger partial charge in [0, 0.05) is 5.57 Å². The third-order valence-electron chi connectivity index (χ3n) is 2.76. The van der Waals surface area contributed by atoms with Crippen molar-refractivity contribution in [2.75, 3.05) is 7.11 Å². The van der Waals surface area contributed by atoms with Gasteiger partial charge in [-0.05, 0) is 36.8 Å². The lowest BCUT2D eigenvalue weighted by Crippen LogP contribution is -1.91. The molecule has 3 heteroatoms. The van der Waals surface area contributed by atoms with Crippen LogP contribution in [0, 0.1) is 0 Å². The molecule has 3 nitrogen and oxygen atoms in total. The number of benzene rings is 2. The van der Waals surface area contributed by atoms with Crippen LogP contribution < -0.4 is 4.74 Å². The third kappa shape index (κ3) is 3.28. The van der Waals surface area contributed by atoms with Gasteiger partial charge in [0.2, 0.25) is 0 Å². The summed E-state index contributed by atoms with van der Waals surface area (Å²) >= 11 is 0. The first-order valence-electron chi connectivity index (χ1n) is 5.98. The number of allylic oxidation sites excluding steroid dienone is 1. The van der Waals surface area contributed by atoms with Gasteiger partial charge in [-0.25, -0.2) is 0 Å². The maximum absolute atomic E-state index is 9.58. The van der Waals surface area contributed by atoms with Crippen LogP contribution in [0.5, 0.6) is 11.5 Å². The van der Waals surface area contributed by atoms with Gasteiger partial charge in [0.1, 0.15) is 11.5 Å². The van der Waals surface area contributed by atoms with Crippen LogP contribution in [0.3, 0.4) is 0 Å². The summed E-state index contributed by atoms with van der Waals surface area (Å²) in [7, 11) is 1.43. The first kappa shape index (κ1) is 13.0. The summed E-state index contributed by atoms with van der Waals surface area (Å²) in [6.45, 7) is 1.79. The number of ether oxygens (including phenoxy) is 2. The summed E-state index contributed by atoms with van der Waals surface area (Å²) in [5.41, 5.74) is 1.52. The lowest BCUT2D eigenvalue weighted by atomic mass is 10.1. The SMILES string of the molecule is CO/C(O)=C(\C)c1cccc(Oc2ccccc2)c1. The maximum Gasteiger partial charge on any atom is 0.279 e. The summed E-state index contributed by atoms with van der Waals surface area (Å²) in [5.74, 6) is 1.40. The number of hydrogen-bond acceptors (Lipinski definition) is 3. The van der Waals surface area contributed by atoms with E-state index in [9.17, 15) is 5.11 Å². The summed E-state index contributed by atoms with van der Waals surface area (Å²) in [4.78, 5) is 0. The Morgan fingerprint density at radius 3 is 2.32 bits per heavy atom. The van der Waals surface area contributed by atoms with Crippen molar-refractivity contribution in [2.24, 2.45) is 0 Å². The molecule has 0 atom stereocenters. The number of para-hydroxylation sites is 1. The maximum atomic E-state index is 9.58.